The molecule has 218 valence electrons. The Labute approximate surface area is 246 Å². The van der Waals surface area contributed by atoms with Crippen LogP contribution in [-0.4, -0.2) is 37.5 Å². The minimum absolute atomic E-state index is 0.0155. The van der Waals surface area contributed by atoms with Crippen molar-refractivity contribution in [1.29, 1.82) is 5.26 Å². The standard InChI is InChI=1S/C33H28F2N4O4/c1-19-11-23(14-31-37-29-8-7-21(33(40)41)13-30(29)39(31)17-24-9-10-42-24)27(35)15-25(19)28-3-2-4-32(38-28)43-18-22-6-5-20(16-36)12-26(22)34/h2-8,11-13,15,24,33,40-41H,9-10,14,17-18H2,1H3. The molecule has 1 fully saturated rings. The lowest BCUT2D eigenvalue weighted by atomic mass is 9.99. The summed E-state index contributed by atoms with van der Waals surface area (Å²) in [5.41, 5.74) is 4.62. The fourth-order valence-corrected chi connectivity index (χ4v) is 5.17. The van der Waals surface area contributed by atoms with E-state index in [9.17, 15) is 14.6 Å². The Balaban J connectivity index is 1.26. The van der Waals surface area contributed by atoms with E-state index in [1.165, 1.54) is 18.2 Å². The molecule has 2 N–H and O–H groups in total. The van der Waals surface area contributed by atoms with Crippen LogP contribution in [0.15, 0.2) is 66.7 Å². The number of nitriles is 1. The highest BCUT2D eigenvalue weighted by Gasteiger charge is 2.23. The van der Waals surface area contributed by atoms with Crippen molar-refractivity contribution in [3.8, 4) is 23.2 Å². The van der Waals surface area contributed by atoms with Crippen LogP contribution < -0.4 is 4.74 Å². The average molecular weight is 583 g/mol. The normalized spacial score (nSPS) is 14.6. The van der Waals surface area contributed by atoms with Gasteiger partial charge in [-0.25, -0.2) is 18.7 Å². The van der Waals surface area contributed by atoms with Crippen molar-refractivity contribution in [3.05, 3.63) is 112 Å². The highest BCUT2D eigenvalue weighted by Crippen LogP contribution is 2.30. The molecule has 1 atom stereocenters. The SMILES string of the molecule is Cc1cc(Cc2nc3ccc(C(O)O)cc3n2CC2CCO2)c(F)cc1-c1cccc(OCc2ccc(C#N)cc2F)n1. The largest absolute Gasteiger partial charge is 0.473 e. The number of fused-ring (bicyclic) bond motifs is 1. The Morgan fingerprint density at radius 1 is 1.05 bits per heavy atom. The first kappa shape index (κ1) is 28.4. The molecule has 3 heterocycles. The summed E-state index contributed by atoms with van der Waals surface area (Å²) >= 11 is 0. The quantitative estimate of drug-likeness (QED) is 0.221. The molecule has 10 heteroatoms. The molecule has 5 aromatic rings. The van der Waals surface area contributed by atoms with Gasteiger partial charge in [0.1, 0.15) is 24.1 Å². The number of benzene rings is 3. The second kappa shape index (κ2) is 11.9. The molecule has 1 unspecified atom stereocenters. The van der Waals surface area contributed by atoms with Crippen LogP contribution in [0.2, 0.25) is 0 Å². The number of halogens is 2. The van der Waals surface area contributed by atoms with Crippen molar-refractivity contribution in [1.82, 2.24) is 14.5 Å². The summed E-state index contributed by atoms with van der Waals surface area (Å²) in [7, 11) is 0. The summed E-state index contributed by atoms with van der Waals surface area (Å²) in [6, 6.07) is 19.5. The van der Waals surface area contributed by atoms with E-state index in [0.29, 0.717) is 46.9 Å². The van der Waals surface area contributed by atoms with E-state index in [-0.39, 0.29) is 36.1 Å². The molecule has 43 heavy (non-hydrogen) atoms. The maximum Gasteiger partial charge on any atom is 0.214 e. The number of aliphatic hydroxyl groups excluding tert-OH is 1. The topological polar surface area (TPSA) is 113 Å². The van der Waals surface area contributed by atoms with Crippen LogP contribution in [0.5, 0.6) is 5.88 Å². The van der Waals surface area contributed by atoms with Gasteiger partial charge in [-0.15, -0.1) is 0 Å². The van der Waals surface area contributed by atoms with Crippen LogP contribution in [0.3, 0.4) is 0 Å². The van der Waals surface area contributed by atoms with Crippen molar-refractivity contribution < 1.29 is 28.5 Å². The van der Waals surface area contributed by atoms with Gasteiger partial charge in [0.2, 0.25) is 5.88 Å². The Kier molecular flexibility index (Phi) is 7.86. The van der Waals surface area contributed by atoms with Crippen LogP contribution in [0.1, 0.15) is 46.4 Å². The summed E-state index contributed by atoms with van der Waals surface area (Å²) in [6.07, 6.45) is -0.472. The van der Waals surface area contributed by atoms with Crippen LogP contribution in [0.4, 0.5) is 8.78 Å². The minimum Gasteiger partial charge on any atom is -0.473 e. The monoisotopic (exact) mass is 582 g/mol. The average Bonchev–Trinajstić information content (AvgIpc) is 3.31. The van der Waals surface area contributed by atoms with E-state index >= 15 is 4.39 Å². The lowest BCUT2D eigenvalue weighted by Crippen LogP contribution is -2.31. The van der Waals surface area contributed by atoms with E-state index in [1.54, 1.807) is 42.5 Å². The summed E-state index contributed by atoms with van der Waals surface area (Å²) in [4.78, 5) is 9.27. The first-order chi connectivity index (χ1) is 20.8. The molecule has 1 saturated heterocycles. The first-order valence-corrected chi connectivity index (χ1v) is 13.8. The third-order valence-corrected chi connectivity index (χ3v) is 7.63. The smallest absolute Gasteiger partial charge is 0.214 e. The second-order valence-electron chi connectivity index (χ2n) is 10.5. The molecule has 0 amide bonds. The lowest BCUT2D eigenvalue weighted by Gasteiger charge is -2.27. The minimum atomic E-state index is -1.61. The molecule has 2 aromatic heterocycles. The molecular weight excluding hydrogens is 554 g/mol. The third-order valence-electron chi connectivity index (χ3n) is 7.63. The van der Waals surface area contributed by atoms with E-state index in [2.05, 4.69) is 4.98 Å². The van der Waals surface area contributed by atoms with Gasteiger partial charge in [-0.05, 0) is 60.9 Å². The van der Waals surface area contributed by atoms with Crippen LogP contribution in [0.25, 0.3) is 22.3 Å². The lowest BCUT2D eigenvalue weighted by molar-refractivity contribution is -0.0589. The van der Waals surface area contributed by atoms with E-state index in [1.807, 2.05) is 17.6 Å². The number of aromatic nitrogens is 3. The Bertz CT molecular complexity index is 1860. The van der Waals surface area contributed by atoms with Gasteiger partial charge in [0.25, 0.3) is 0 Å². The van der Waals surface area contributed by atoms with Crippen molar-refractivity contribution >= 4 is 11.0 Å². The predicted molar refractivity (Wildman–Crippen MR) is 154 cm³/mol. The maximum atomic E-state index is 15.6. The van der Waals surface area contributed by atoms with Gasteiger partial charge in [0.05, 0.1) is 41.0 Å². The van der Waals surface area contributed by atoms with Gasteiger partial charge in [0.15, 0.2) is 6.29 Å². The molecule has 1 aliphatic heterocycles. The molecule has 0 spiro atoms. The summed E-state index contributed by atoms with van der Waals surface area (Å²) < 4.78 is 43.2. The Morgan fingerprint density at radius 3 is 2.58 bits per heavy atom. The Hall–Kier alpha value is -4.69. The fraction of sp³-hybridized carbons (Fsp3) is 0.242. The van der Waals surface area contributed by atoms with Crippen LogP contribution in [0, 0.1) is 29.9 Å². The second-order valence-corrected chi connectivity index (χ2v) is 10.5. The van der Waals surface area contributed by atoms with Crippen molar-refractivity contribution in [2.75, 3.05) is 6.61 Å². The van der Waals surface area contributed by atoms with Crippen molar-refractivity contribution in [3.63, 3.8) is 0 Å². The number of imidazole rings is 1. The predicted octanol–water partition coefficient (Wildman–Crippen LogP) is 5.50. The summed E-state index contributed by atoms with van der Waals surface area (Å²) in [6.45, 7) is 3.01. The van der Waals surface area contributed by atoms with E-state index in [4.69, 9.17) is 19.7 Å². The molecule has 0 saturated carbocycles. The number of pyridine rings is 1. The zero-order chi connectivity index (χ0) is 30.1. The third kappa shape index (κ3) is 5.96. The van der Waals surface area contributed by atoms with Crippen molar-refractivity contribution in [2.45, 2.75) is 45.3 Å². The van der Waals surface area contributed by atoms with Gasteiger partial charge in [-0.1, -0.05) is 24.3 Å². The van der Waals surface area contributed by atoms with Crippen LogP contribution >= 0.6 is 0 Å². The van der Waals surface area contributed by atoms with Gasteiger partial charge in [-0.3, -0.25) is 0 Å². The summed E-state index contributed by atoms with van der Waals surface area (Å²) in [5.74, 6) is -0.0589. The highest BCUT2D eigenvalue weighted by molar-refractivity contribution is 5.77. The van der Waals surface area contributed by atoms with Crippen molar-refractivity contribution in [2.24, 2.45) is 0 Å². The van der Waals surface area contributed by atoms with Crippen LogP contribution in [-0.2, 0) is 24.3 Å². The van der Waals surface area contributed by atoms with E-state index < -0.39 is 17.9 Å². The van der Waals surface area contributed by atoms with Gasteiger partial charge in [0, 0.05) is 35.8 Å². The molecule has 6 rings (SSSR count). The number of ether oxygens (including phenoxy) is 2. The zero-order valence-corrected chi connectivity index (χ0v) is 23.3. The first-order valence-electron chi connectivity index (χ1n) is 13.8. The molecule has 0 bridgehead atoms. The van der Waals surface area contributed by atoms with Gasteiger partial charge in [-0.2, -0.15) is 5.26 Å². The summed E-state index contributed by atoms with van der Waals surface area (Å²) in [5, 5.41) is 28.3. The number of aliphatic hydroxyl groups is 2. The molecular formula is C33H28F2N4O4. The molecule has 0 radical (unpaired) electrons. The van der Waals surface area contributed by atoms with Gasteiger partial charge >= 0.3 is 0 Å². The zero-order valence-electron chi connectivity index (χ0n) is 23.3. The molecule has 0 aliphatic carbocycles. The number of hydrogen-bond acceptors (Lipinski definition) is 7. The van der Waals surface area contributed by atoms with E-state index in [0.717, 1.165) is 23.6 Å². The fourth-order valence-electron chi connectivity index (χ4n) is 5.17. The van der Waals surface area contributed by atoms with Gasteiger partial charge < -0.3 is 24.3 Å². The number of nitrogens with zero attached hydrogens (tertiary/aromatic N) is 4. The number of hydrogen-bond donors (Lipinski definition) is 2. The molecule has 3 aromatic carbocycles. The Morgan fingerprint density at radius 2 is 1.86 bits per heavy atom. The number of aryl methyl sites for hydroxylation is 1. The number of rotatable bonds is 9. The highest BCUT2D eigenvalue weighted by atomic mass is 19.1. The molecule has 8 nitrogen and oxygen atoms in total. The molecule has 1 aliphatic rings. The maximum absolute atomic E-state index is 15.6.